The van der Waals surface area contributed by atoms with Gasteiger partial charge in [-0.1, -0.05) is 32.3 Å². The van der Waals surface area contributed by atoms with Crippen LogP contribution in [0.1, 0.15) is 70.9 Å². The topological polar surface area (TPSA) is 28.2 Å². The summed E-state index contributed by atoms with van der Waals surface area (Å²) in [5.41, 5.74) is 1.35. The highest BCUT2D eigenvalue weighted by Gasteiger charge is 2.24. The molecule has 1 unspecified atom stereocenters. The average Bonchev–Trinajstić information content (AvgIpc) is 2.55. The van der Waals surface area contributed by atoms with Crippen molar-refractivity contribution in [2.75, 3.05) is 18.0 Å². The third kappa shape index (κ3) is 4.19. The minimum atomic E-state index is 0.367. The number of pyridine rings is 1. The number of hydrogen-bond acceptors (Lipinski definition) is 3. The molecule has 0 amide bonds. The molecule has 3 heteroatoms. The first-order valence-electron chi connectivity index (χ1n) is 8.72. The number of rotatable bonds is 7. The maximum Gasteiger partial charge on any atom is 0.133 e. The summed E-state index contributed by atoms with van der Waals surface area (Å²) in [6, 6.07) is 5.35. The molecule has 0 spiro atoms. The van der Waals surface area contributed by atoms with Gasteiger partial charge in [0.25, 0.3) is 0 Å². The summed E-state index contributed by atoms with van der Waals surface area (Å²) in [6.07, 6.45) is 9.88. The van der Waals surface area contributed by atoms with Gasteiger partial charge in [-0.05, 0) is 45.7 Å². The smallest absolute Gasteiger partial charge is 0.133 e. The maximum absolute atomic E-state index is 4.74. The molecular formula is C18H31N3. The quantitative estimate of drug-likeness (QED) is 0.811. The van der Waals surface area contributed by atoms with Crippen LogP contribution in [0.5, 0.6) is 0 Å². The SMILES string of the molecule is CCCNC(C)c1cccnc1N(CC)C1CCCCC1. The van der Waals surface area contributed by atoms with Crippen LogP contribution in [-0.4, -0.2) is 24.1 Å². The van der Waals surface area contributed by atoms with Gasteiger partial charge in [-0.15, -0.1) is 0 Å². The summed E-state index contributed by atoms with van der Waals surface area (Å²) >= 11 is 0. The molecule has 1 fully saturated rings. The van der Waals surface area contributed by atoms with Gasteiger partial charge in [0, 0.05) is 30.4 Å². The summed E-state index contributed by atoms with van der Waals surface area (Å²) in [6.45, 7) is 8.84. The normalized spacial score (nSPS) is 17.7. The largest absolute Gasteiger partial charge is 0.354 e. The van der Waals surface area contributed by atoms with Crippen LogP contribution in [0.4, 0.5) is 5.82 Å². The van der Waals surface area contributed by atoms with E-state index in [2.05, 4.69) is 43.1 Å². The first kappa shape index (κ1) is 16.3. The van der Waals surface area contributed by atoms with Gasteiger partial charge in [0.1, 0.15) is 5.82 Å². The number of aromatic nitrogens is 1. The lowest BCUT2D eigenvalue weighted by atomic mass is 9.93. The predicted octanol–water partition coefficient (Wildman–Crippen LogP) is 4.30. The van der Waals surface area contributed by atoms with Crippen LogP contribution in [0, 0.1) is 0 Å². The van der Waals surface area contributed by atoms with Crippen molar-refractivity contribution in [2.45, 2.75) is 71.4 Å². The van der Waals surface area contributed by atoms with E-state index in [-0.39, 0.29) is 0 Å². The van der Waals surface area contributed by atoms with E-state index in [0.29, 0.717) is 12.1 Å². The highest BCUT2D eigenvalue weighted by atomic mass is 15.2. The van der Waals surface area contributed by atoms with E-state index >= 15 is 0 Å². The molecule has 1 saturated carbocycles. The van der Waals surface area contributed by atoms with E-state index in [9.17, 15) is 0 Å². The second kappa shape index (κ2) is 8.38. The van der Waals surface area contributed by atoms with Crippen molar-refractivity contribution in [3.8, 4) is 0 Å². The fraction of sp³-hybridized carbons (Fsp3) is 0.722. The third-order valence-corrected chi connectivity index (χ3v) is 4.61. The molecule has 0 radical (unpaired) electrons. The van der Waals surface area contributed by atoms with Crippen molar-refractivity contribution >= 4 is 5.82 Å². The minimum Gasteiger partial charge on any atom is -0.354 e. The molecular weight excluding hydrogens is 258 g/mol. The fourth-order valence-electron chi connectivity index (χ4n) is 3.43. The molecule has 1 aromatic heterocycles. The standard InChI is InChI=1S/C18H31N3/c1-4-13-19-15(3)17-12-9-14-20-18(17)21(5-2)16-10-7-6-8-11-16/h9,12,14-16,19H,4-8,10-11,13H2,1-3H3. The Morgan fingerprint density at radius 3 is 2.71 bits per heavy atom. The van der Waals surface area contributed by atoms with Crippen LogP contribution < -0.4 is 10.2 Å². The Labute approximate surface area is 130 Å². The monoisotopic (exact) mass is 289 g/mol. The van der Waals surface area contributed by atoms with E-state index in [1.807, 2.05) is 6.20 Å². The van der Waals surface area contributed by atoms with Crippen LogP contribution in [0.3, 0.4) is 0 Å². The second-order valence-corrected chi connectivity index (χ2v) is 6.17. The Morgan fingerprint density at radius 1 is 1.29 bits per heavy atom. The molecule has 3 nitrogen and oxygen atoms in total. The van der Waals surface area contributed by atoms with Gasteiger partial charge in [-0.3, -0.25) is 0 Å². The van der Waals surface area contributed by atoms with Crippen LogP contribution in [0.2, 0.25) is 0 Å². The van der Waals surface area contributed by atoms with Crippen LogP contribution in [-0.2, 0) is 0 Å². The second-order valence-electron chi connectivity index (χ2n) is 6.17. The Bertz CT molecular complexity index is 413. The van der Waals surface area contributed by atoms with Crippen molar-refractivity contribution in [2.24, 2.45) is 0 Å². The van der Waals surface area contributed by atoms with Gasteiger partial charge in [0.15, 0.2) is 0 Å². The van der Waals surface area contributed by atoms with E-state index in [1.165, 1.54) is 49.9 Å². The van der Waals surface area contributed by atoms with Gasteiger partial charge in [0.05, 0.1) is 0 Å². The molecule has 0 aliphatic heterocycles. The average molecular weight is 289 g/mol. The molecule has 1 aliphatic carbocycles. The zero-order chi connectivity index (χ0) is 15.1. The molecule has 2 rings (SSSR count). The number of hydrogen-bond donors (Lipinski definition) is 1. The number of anilines is 1. The lowest BCUT2D eigenvalue weighted by Crippen LogP contribution is -2.38. The van der Waals surface area contributed by atoms with Crippen LogP contribution in [0.25, 0.3) is 0 Å². The van der Waals surface area contributed by atoms with Crippen molar-refractivity contribution < 1.29 is 0 Å². The third-order valence-electron chi connectivity index (χ3n) is 4.61. The van der Waals surface area contributed by atoms with Crippen molar-refractivity contribution in [1.29, 1.82) is 0 Å². The predicted molar refractivity (Wildman–Crippen MR) is 90.8 cm³/mol. The molecule has 0 bridgehead atoms. The highest BCUT2D eigenvalue weighted by Crippen LogP contribution is 2.30. The lowest BCUT2D eigenvalue weighted by Gasteiger charge is -2.36. The maximum atomic E-state index is 4.74. The molecule has 1 aliphatic rings. The van der Waals surface area contributed by atoms with E-state index < -0.39 is 0 Å². The van der Waals surface area contributed by atoms with Gasteiger partial charge >= 0.3 is 0 Å². The van der Waals surface area contributed by atoms with E-state index in [0.717, 1.165) is 13.1 Å². The zero-order valence-electron chi connectivity index (χ0n) is 13.9. The zero-order valence-corrected chi connectivity index (χ0v) is 13.9. The Balaban J connectivity index is 2.19. The summed E-state index contributed by atoms with van der Waals surface area (Å²) in [4.78, 5) is 7.28. The first-order chi connectivity index (χ1) is 10.3. The Kier molecular flexibility index (Phi) is 6.50. The number of nitrogens with one attached hydrogen (secondary N) is 1. The van der Waals surface area contributed by atoms with E-state index in [1.54, 1.807) is 0 Å². The van der Waals surface area contributed by atoms with Crippen LogP contribution in [0.15, 0.2) is 18.3 Å². The van der Waals surface area contributed by atoms with Gasteiger partial charge in [-0.2, -0.15) is 0 Å². The van der Waals surface area contributed by atoms with Crippen molar-refractivity contribution in [3.63, 3.8) is 0 Å². The molecule has 1 heterocycles. The molecule has 0 aromatic carbocycles. The van der Waals surface area contributed by atoms with E-state index in [4.69, 9.17) is 4.98 Å². The highest BCUT2D eigenvalue weighted by molar-refractivity contribution is 5.49. The fourth-order valence-corrected chi connectivity index (χ4v) is 3.43. The summed E-state index contributed by atoms with van der Waals surface area (Å²) in [7, 11) is 0. The molecule has 1 atom stereocenters. The molecule has 118 valence electrons. The number of nitrogens with zero attached hydrogens (tertiary/aromatic N) is 2. The Morgan fingerprint density at radius 2 is 2.05 bits per heavy atom. The minimum absolute atomic E-state index is 0.367. The molecule has 1 aromatic rings. The summed E-state index contributed by atoms with van der Waals surface area (Å²) in [5.74, 6) is 1.20. The van der Waals surface area contributed by atoms with Gasteiger partial charge in [-0.25, -0.2) is 4.98 Å². The van der Waals surface area contributed by atoms with Gasteiger partial charge in [0.2, 0.25) is 0 Å². The lowest BCUT2D eigenvalue weighted by molar-refractivity contribution is 0.414. The summed E-state index contributed by atoms with van der Waals surface area (Å²) < 4.78 is 0. The van der Waals surface area contributed by atoms with Crippen molar-refractivity contribution in [1.82, 2.24) is 10.3 Å². The first-order valence-corrected chi connectivity index (χ1v) is 8.72. The molecule has 1 N–H and O–H groups in total. The van der Waals surface area contributed by atoms with Crippen LogP contribution >= 0.6 is 0 Å². The Hall–Kier alpha value is -1.09. The van der Waals surface area contributed by atoms with Gasteiger partial charge < -0.3 is 10.2 Å². The van der Waals surface area contributed by atoms with Crippen molar-refractivity contribution in [3.05, 3.63) is 23.9 Å². The molecule has 21 heavy (non-hydrogen) atoms. The molecule has 0 saturated heterocycles. The summed E-state index contributed by atoms with van der Waals surface area (Å²) in [5, 5.41) is 3.60.